The van der Waals surface area contributed by atoms with Crippen molar-refractivity contribution < 1.29 is 4.39 Å². The number of rotatable bonds is 7. The molecule has 0 bridgehead atoms. The van der Waals surface area contributed by atoms with Crippen molar-refractivity contribution in [1.82, 2.24) is 15.5 Å². The molecule has 0 amide bonds. The molecular formula is C18H28FIN4. The summed E-state index contributed by atoms with van der Waals surface area (Å²) >= 11 is 0. The van der Waals surface area contributed by atoms with Crippen LogP contribution in [0.3, 0.4) is 0 Å². The van der Waals surface area contributed by atoms with Crippen molar-refractivity contribution in [2.24, 2.45) is 4.99 Å². The summed E-state index contributed by atoms with van der Waals surface area (Å²) in [7, 11) is 2.06. The Kier molecular flexibility index (Phi) is 9.94. The van der Waals surface area contributed by atoms with Gasteiger partial charge in [0.2, 0.25) is 0 Å². The Morgan fingerprint density at radius 3 is 2.54 bits per heavy atom. The van der Waals surface area contributed by atoms with E-state index in [4.69, 9.17) is 0 Å². The molecule has 0 aliphatic heterocycles. The van der Waals surface area contributed by atoms with Crippen LogP contribution in [-0.2, 0) is 6.54 Å². The molecule has 1 aliphatic rings. The third-order valence-corrected chi connectivity index (χ3v) is 3.81. The molecule has 1 aromatic carbocycles. The molecule has 0 saturated carbocycles. The molecule has 2 N–H and O–H groups in total. The first-order valence-corrected chi connectivity index (χ1v) is 8.30. The summed E-state index contributed by atoms with van der Waals surface area (Å²) in [5.41, 5.74) is 1.11. The quantitative estimate of drug-likeness (QED) is 0.293. The van der Waals surface area contributed by atoms with Crippen LogP contribution in [0, 0.1) is 5.82 Å². The first-order valence-electron chi connectivity index (χ1n) is 8.30. The highest BCUT2D eigenvalue weighted by Gasteiger charge is 2.11. The summed E-state index contributed by atoms with van der Waals surface area (Å²) < 4.78 is 12.9. The van der Waals surface area contributed by atoms with E-state index in [0.29, 0.717) is 6.04 Å². The SMILES string of the molecule is CCNC(=NCCN(C)Cc1ccc(F)cc1)NC1CC=CC1.I. The molecule has 1 aromatic rings. The van der Waals surface area contributed by atoms with Crippen molar-refractivity contribution in [3.05, 3.63) is 47.8 Å². The largest absolute Gasteiger partial charge is 0.357 e. The molecule has 0 spiro atoms. The lowest BCUT2D eigenvalue weighted by Gasteiger charge is -2.18. The van der Waals surface area contributed by atoms with Gasteiger partial charge in [-0.15, -0.1) is 24.0 Å². The highest BCUT2D eigenvalue weighted by molar-refractivity contribution is 14.0. The third-order valence-electron chi connectivity index (χ3n) is 3.81. The van der Waals surface area contributed by atoms with Crippen molar-refractivity contribution in [2.75, 3.05) is 26.7 Å². The number of likely N-dealkylation sites (N-methyl/N-ethyl adjacent to an activating group) is 1. The van der Waals surface area contributed by atoms with Gasteiger partial charge in [0.25, 0.3) is 0 Å². The van der Waals surface area contributed by atoms with Gasteiger partial charge in [0.15, 0.2) is 5.96 Å². The number of hydrogen-bond acceptors (Lipinski definition) is 2. The molecule has 0 heterocycles. The van der Waals surface area contributed by atoms with Gasteiger partial charge in [-0.3, -0.25) is 4.99 Å². The Labute approximate surface area is 161 Å². The number of benzene rings is 1. The second-order valence-corrected chi connectivity index (χ2v) is 5.91. The van der Waals surface area contributed by atoms with Crippen LogP contribution in [0.5, 0.6) is 0 Å². The number of hydrogen-bond donors (Lipinski definition) is 2. The maximum absolute atomic E-state index is 12.9. The maximum Gasteiger partial charge on any atom is 0.191 e. The lowest BCUT2D eigenvalue weighted by Crippen LogP contribution is -2.42. The molecule has 0 atom stereocenters. The van der Waals surface area contributed by atoms with Gasteiger partial charge in [-0.25, -0.2) is 4.39 Å². The van der Waals surface area contributed by atoms with Crippen LogP contribution >= 0.6 is 24.0 Å². The Hall–Kier alpha value is -1.15. The maximum atomic E-state index is 12.9. The molecule has 24 heavy (non-hydrogen) atoms. The fourth-order valence-corrected chi connectivity index (χ4v) is 2.56. The summed E-state index contributed by atoms with van der Waals surface area (Å²) in [5.74, 6) is 0.695. The summed E-state index contributed by atoms with van der Waals surface area (Å²) in [6.45, 7) is 5.32. The molecule has 1 aliphatic carbocycles. The van der Waals surface area contributed by atoms with E-state index in [1.807, 2.05) is 12.1 Å². The predicted octanol–water partition coefficient (Wildman–Crippen LogP) is 3.15. The molecule has 0 fully saturated rings. The summed E-state index contributed by atoms with van der Waals surface area (Å²) in [6, 6.07) is 7.13. The van der Waals surface area contributed by atoms with Crippen LogP contribution < -0.4 is 10.6 Å². The smallest absolute Gasteiger partial charge is 0.191 e. The van der Waals surface area contributed by atoms with Gasteiger partial charge in [0, 0.05) is 25.7 Å². The molecule has 6 heteroatoms. The molecule has 0 aromatic heterocycles. The van der Waals surface area contributed by atoms with Gasteiger partial charge in [0.1, 0.15) is 5.82 Å². The van der Waals surface area contributed by atoms with E-state index in [1.165, 1.54) is 12.1 Å². The van der Waals surface area contributed by atoms with Crippen LogP contribution in [0.4, 0.5) is 4.39 Å². The van der Waals surface area contributed by atoms with Crippen molar-refractivity contribution in [2.45, 2.75) is 32.4 Å². The molecule has 0 saturated heterocycles. The summed E-state index contributed by atoms with van der Waals surface area (Å²) in [5, 5.41) is 6.75. The Bertz CT molecular complexity index is 522. The van der Waals surface area contributed by atoms with Gasteiger partial charge in [-0.2, -0.15) is 0 Å². The predicted molar refractivity (Wildman–Crippen MR) is 109 cm³/mol. The minimum atomic E-state index is -0.191. The van der Waals surface area contributed by atoms with Gasteiger partial charge < -0.3 is 15.5 Å². The van der Waals surface area contributed by atoms with E-state index in [0.717, 1.165) is 50.5 Å². The van der Waals surface area contributed by atoms with E-state index in [1.54, 1.807) is 0 Å². The van der Waals surface area contributed by atoms with E-state index < -0.39 is 0 Å². The van der Waals surface area contributed by atoms with Crippen LogP contribution in [0.2, 0.25) is 0 Å². The lowest BCUT2D eigenvalue weighted by atomic mass is 10.2. The average molecular weight is 446 g/mol. The van der Waals surface area contributed by atoms with Crippen molar-refractivity contribution >= 4 is 29.9 Å². The minimum absolute atomic E-state index is 0. The number of nitrogens with one attached hydrogen (secondary N) is 2. The number of aliphatic imine (C=N–C) groups is 1. The topological polar surface area (TPSA) is 39.7 Å². The highest BCUT2D eigenvalue weighted by atomic mass is 127. The molecule has 134 valence electrons. The molecule has 0 unspecified atom stereocenters. The van der Waals surface area contributed by atoms with Crippen LogP contribution in [-0.4, -0.2) is 43.6 Å². The van der Waals surface area contributed by atoms with Crippen LogP contribution in [0.15, 0.2) is 41.4 Å². The zero-order valence-corrected chi connectivity index (χ0v) is 16.8. The van der Waals surface area contributed by atoms with E-state index >= 15 is 0 Å². The third kappa shape index (κ3) is 7.61. The van der Waals surface area contributed by atoms with Crippen molar-refractivity contribution in [3.8, 4) is 0 Å². The minimum Gasteiger partial charge on any atom is -0.357 e. The standard InChI is InChI=1S/C18H27FN4.HI/c1-3-20-18(22-17-6-4-5-7-17)21-12-13-23(2)14-15-8-10-16(19)11-9-15;/h4-5,8-11,17H,3,6-7,12-14H2,1-2H3,(H2,20,21,22);1H. The Morgan fingerprint density at radius 1 is 1.25 bits per heavy atom. The van der Waals surface area contributed by atoms with Crippen molar-refractivity contribution in [3.63, 3.8) is 0 Å². The van der Waals surface area contributed by atoms with Gasteiger partial charge in [-0.05, 0) is 44.5 Å². The fraction of sp³-hybridized carbons (Fsp3) is 0.500. The summed E-state index contributed by atoms with van der Waals surface area (Å²) in [6.07, 6.45) is 6.54. The summed E-state index contributed by atoms with van der Waals surface area (Å²) in [4.78, 5) is 6.83. The zero-order valence-electron chi connectivity index (χ0n) is 14.5. The second kappa shape index (κ2) is 11.4. The van der Waals surface area contributed by atoms with E-state index in [-0.39, 0.29) is 29.8 Å². The van der Waals surface area contributed by atoms with E-state index in [9.17, 15) is 4.39 Å². The molecular weight excluding hydrogens is 418 g/mol. The average Bonchev–Trinajstić information content (AvgIpc) is 3.03. The molecule has 2 rings (SSSR count). The number of guanidine groups is 1. The van der Waals surface area contributed by atoms with Crippen LogP contribution in [0.1, 0.15) is 25.3 Å². The van der Waals surface area contributed by atoms with Crippen molar-refractivity contribution in [1.29, 1.82) is 0 Å². The van der Waals surface area contributed by atoms with Gasteiger partial charge >= 0.3 is 0 Å². The van der Waals surface area contributed by atoms with Gasteiger partial charge in [0.05, 0.1) is 6.54 Å². The Balaban J connectivity index is 0.00000288. The van der Waals surface area contributed by atoms with Crippen LogP contribution in [0.25, 0.3) is 0 Å². The lowest BCUT2D eigenvalue weighted by molar-refractivity contribution is 0.336. The zero-order chi connectivity index (χ0) is 16.5. The normalized spacial score (nSPS) is 14.8. The van der Waals surface area contributed by atoms with E-state index in [2.05, 4.69) is 46.6 Å². The molecule has 0 radical (unpaired) electrons. The highest BCUT2D eigenvalue weighted by Crippen LogP contribution is 2.08. The monoisotopic (exact) mass is 446 g/mol. The Morgan fingerprint density at radius 2 is 1.92 bits per heavy atom. The first-order chi connectivity index (χ1) is 11.2. The number of nitrogens with zero attached hydrogens (tertiary/aromatic N) is 2. The second-order valence-electron chi connectivity index (χ2n) is 5.91. The first kappa shape index (κ1) is 20.9. The van der Waals surface area contributed by atoms with Gasteiger partial charge in [-0.1, -0.05) is 24.3 Å². The fourth-order valence-electron chi connectivity index (χ4n) is 2.56. The molecule has 4 nitrogen and oxygen atoms in total. The number of halogens is 2.